The summed E-state index contributed by atoms with van der Waals surface area (Å²) in [4.78, 5) is 13.9. The molecule has 1 aliphatic rings. The van der Waals surface area contributed by atoms with E-state index >= 15 is 0 Å². The van der Waals surface area contributed by atoms with Crippen LogP contribution < -0.4 is 4.46 Å². The van der Waals surface area contributed by atoms with Crippen LogP contribution in [0.5, 0.6) is 0 Å². The number of carbonyl (C=O) groups is 1. The summed E-state index contributed by atoms with van der Waals surface area (Å²) in [6.07, 6.45) is 1.16. The van der Waals surface area contributed by atoms with Gasteiger partial charge in [-0.15, -0.1) is 0 Å². The van der Waals surface area contributed by atoms with Gasteiger partial charge in [0.05, 0.1) is 0 Å². The molecule has 3 heteroatoms. The van der Waals surface area contributed by atoms with E-state index in [0.717, 1.165) is 11.7 Å². The van der Waals surface area contributed by atoms with E-state index < -0.39 is 0 Å². The van der Waals surface area contributed by atoms with E-state index in [4.69, 9.17) is 0 Å². The topological polar surface area (TPSA) is 20.3 Å². The Bertz CT molecular complexity index is 406. The van der Waals surface area contributed by atoms with Crippen LogP contribution in [0, 0.1) is 5.92 Å². The van der Waals surface area contributed by atoms with E-state index in [9.17, 15) is 4.79 Å². The van der Waals surface area contributed by atoms with Crippen molar-refractivity contribution in [2.24, 2.45) is 5.92 Å². The van der Waals surface area contributed by atoms with E-state index in [1.54, 1.807) is 6.92 Å². The summed E-state index contributed by atoms with van der Waals surface area (Å²) in [5, 5.41) is 1.14. The number of nitrogens with zero attached hydrogens (tertiary/aromatic N) is 1. The van der Waals surface area contributed by atoms with Crippen LogP contribution in [0.4, 0.5) is 0 Å². The molecule has 0 saturated carbocycles. The van der Waals surface area contributed by atoms with Gasteiger partial charge in [-0.2, -0.15) is 0 Å². The molecular formula is C15H21NOSe. The Morgan fingerprint density at radius 1 is 1.33 bits per heavy atom. The predicted octanol–water partition coefficient (Wildman–Crippen LogP) is 2.08. The molecule has 0 bridgehead atoms. The summed E-state index contributed by atoms with van der Waals surface area (Å²) in [6, 6.07) is 11.5. The first-order valence-corrected chi connectivity index (χ1v) is 8.63. The fourth-order valence-electron chi connectivity index (χ4n) is 2.75. The number of hydrogen-bond donors (Lipinski definition) is 0. The van der Waals surface area contributed by atoms with Gasteiger partial charge in [0.1, 0.15) is 0 Å². The SMILES string of the molecule is CC(=O)N1C(C[Se]c2ccccc2)CC(C)C1C. The number of benzene rings is 1. The molecular weight excluding hydrogens is 289 g/mol. The number of rotatable bonds is 3. The van der Waals surface area contributed by atoms with Gasteiger partial charge in [-0.05, 0) is 0 Å². The quantitative estimate of drug-likeness (QED) is 0.783. The van der Waals surface area contributed by atoms with Crippen molar-refractivity contribution in [3.8, 4) is 0 Å². The zero-order valence-corrected chi connectivity index (χ0v) is 13.0. The van der Waals surface area contributed by atoms with Crippen molar-refractivity contribution in [2.45, 2.75) is 44.6 Å². The summed E-state index contributed by atoms with van der Waals surface area (Å²) >= 11 is 0.476. The Labute approximate surface area is 116 Å². The van der Waals surface area contributed by atoms with Gasteiger partial charge in [-0.1, -0.05) is 0 Å². The minimum absolute atomic E-state index is 0.237. The van der Waals surface area contributed by atoms with E-state index in [1.165, 1.54) is 4.46 Å². The number of hydrogen-bond acceptors (Lipinski definition) is 1. The van der Waals surface area contributed by atoms with Gasteiger partial charge < -0.3 is 0 Å². The summed E-state index contributed by atoms with van der Waals surface area (Å²) in [5.74, 6) is 0.867. The Morgan fingerprint density at radius 2 is 2.00 bits per heavy atom. The third kappa shape index (κ3) is 2.96. The predicted molar refractivity (Wildman–Crippen MR) is 76.2 cm³/mol. The van der Waals surface area contributed by atoms with Crippen LogP contribution in [0.2, 0.25) is 5.32 Å². The van der Waals surface area contributed by atoms with Gasteiger partial charge in [0.2, 0.25) is 0 Å². The number of carbonyl (C=O) groups excluding carboxylic acids is 1. The Hall–Kier alpha value is -0.791. The first-order chi connectivity index (χ1) is 8.59. The molecule has 0 aliphatic carbocycles. The second kappa shape index (κ2) is 5.90. The number of likely N-dealkylation sites (tertiary alicyclic amines) is 1. The van der Waals surface area contributed by atoms with Gasteiger partial charge in [0.25, 0.3) is 0 Å². The first-order valence-electron chi connectivity index (χ1n) is 6.56. The average Bonchev–Trinajstić information content (AvgIpc) is 2.64. The molecule has 0 radical (unpaired) electrons. The molecule has 1 aromatic rings. The van der Waals surface area contributed by atoms with Gasteiger partial charge in [-0.25, -0.2) is 0 Å². The van der Waals surface area contributed by atoms with Crippen molar-refractivity contribution < 1.29 is 4.79 Å². The molecule has 1 fully saturated rings. The van der Waals surface area contributed by atoms with Crippen LogP contribution in [-0.4, -0.2) is 37.8 Å². The molecule has 1 aliphatic heterocycles. The molecule has 2 rings (SSSR count). The van der Waals surface area contributed by atoms with Crippen molar-refractivity contribution in [2.75, 3.05) is 0 Å². The normalized spacial score (nSPS) is 27.5. The Morgan fingerprint density at radius 3 is 2.61 bits per heavy atom. The van der Waals surface area contributed by atoms with Crippen molar-refractivity contribution in [1.29, 1.82) is 0 Å². The molecule has 3 unspecified atom stereocenters. The third-order valence-corrected chi connectivity index (χ3v) is 6.28. The van der Waals surface area contributed by atoms with Crippen LogP contribution in [0.25, 0.3) is 0 Å². The Balaban J connectivity index is 1.98. The molecule has 1 amide bonds. The molecule has 3 atom stereocenters. The maximum absolute atomic E-state index is 11.8. The molecule has 1 saturated heterocycles. The number of amides is 1. The standard InChI is InChI=1S/C15H21NOSe/c1-11-9-14(16(12(11)2)13(3)17)10-18-15-7-5-4-6-8-15/h4-8,11-12,14H,9-10H2,1-3H3. The molecule has 1 heterocycles. The van der Waals surface area contributed by atoms with Gasteiger partial charge >= 0.3 is 116 Å². The molecule has 0 spiro atoms. The van der Waals surface area contributed by atoms with E-state index in [1.807, 2.05) is 0 Å². The minimum atomic E-state index is 0.237. The van der Waals surface area contributed by atoms with Crippen LogP contribution in [0.15, 0.2) is 30.3 Å². The summed E-state index contributed by atoms with van der Waals surface area (Å²) in [6.45, 7) is 6.15. The fraction of sp³-hybridized carbons (Fsp3) is 0.533. The van der Waals surface area contributed by atoms with Crippen molar-refractivity contribution >= 4 is 25.3 Å². The molecule has 98 valence electrons. The van der Waals surface area contributed by atoms with Crippen LogP contribution in [0.3, 0.4) is 0 Å². The summed E-state index contributed by atoms with van der Waals surface area (Å²) in [5.41, 5.74) is 0. The molecule has 18 heavy (non-hydrogen) atoms. The third-order valence-electron chi connectivity index (χ3n) is 3.85. The molecule has 1 aromatic carbocycles. The average molecular weight is 310 g/mol. The van der Waals surface area contributed by atoms with E-state index in [2.05, 4.69) is 49.1 Å². The van der Waals surface area contributed by atoms with Crippen molar-refractivity contribution in [3.05, 3.63) is 30.3 Å². The van der Waals surface area contributed by atoms with Crippen LogP contribution in [0.1, 0.15) is 27.2 Å². The van der Waals surface area contributed by atoms with Gasteiger partial charge in [-0.3, -0.25) is 0 Å². The zero-order valence-electron chi connectivity index (χ0n) is 11.3. The maximum atomic E-state index is 11.8. The molecule has 2 nitrogen and oxygen atoms in total. The molecule has 0 N–H and O–H groups in total. The zero-order chi connectivity index (χ0) is 13.1. The second-order valence-corrected chi connectivity index (χ2v) is 7.45. The van der Waals surface area contributed by atoms with Crippen molar-refractivity contribution in [1.82, 2.24) is 4.90 Å². The molecule has 0 aromatic heterocycles. The summed E-state index contributed by atoms with van der Waals surface area (Å²) in [7, 11) is 0. The Kier molecular flexibility index (Phi) is 4.47. The second-order valence-electron chi connectivity index (χ2n) is 5.16. The van der Waals surface area contributed by atoms with Crippen LogP contribution >= 0.6 is 0 Å². The van der Waals surface area contributed by atoms with Crippen LogP contribution in [-0.2, 0) is 4.79 Å². The van der Waals surface area contributed by atoms with E-state index in [-0.39, 0.29) is 5.91 Å². The van der Waals surface area contributed by atoms with Crippen molar-refractivity contribution in [3.63, 3.8) is 0 Å². The van der Waals surface area contributed by atoms with Gasteiger partial charge in [0.15, 0.2) is 0 Å². The summed E-state index contributed by atoms with van der Waals surface area (Å²) < 4.78 is 1.43. The fourth-order valence-corrected chi connectivity index (χ4v) is 4.91. The monoisotopic (exact) mass is 311 g/mol. The van der Waals surface area contributed by atoms with E-state index in [0.29, 0.717) is 33.0 Å². The first kappa shape index (κ1) is 13.6. The van der Waals surface area contributed by atoms with Gasteiger partial charge in [0, 0.05) is 0 Å².